The number of fused-ring (bicyclic) bond motifs is 3. The smallest absolute Gasteiger partial charge is 0.0223 e. The number of benzene rings is 1. The average molecular weight is 285 g/mol. The first-order valence-corrected chi connectivity index (χ1v) is 8.54. The van der Waals surface area contributed by atoms with Crippen molar-refractivity contribution in [3.63, 3.8) is 0 Å². The lowest BCUT2D eigenvalue weighted by atomic mass is 9.90. The highest BCUT2D eigenvalue weighted by Crippen LogP contribution is 2.30. The Labute approximate surface area is 128 Å². The summed E-state index contributed by atoms with van der Waals surface area (Å²) < 4.78 is 0. The molecule has 3 atom stereocenters. The molecule has 3 heteroatoms. The number of hydrogen-bond donors (Lipinski definition) is 1. The van der Waals surface area contributed by atoms with Crippen LogP contribution in [0.25, 0.3) is 0 Å². The normalized spacial score (nSPS) is 33.7. The van der Waals surface area contributed by atoms with Crippen LogP contribution in [0.5, 0.6) is 0 Å². The zero-order valence-electron chi connectivity index (χ0n) is 13.1. The Bertz CT molecular complexity index is 501. The fourth-order valence-electron chi connectivity index (χ4n) is 4.60. The van der Waals surface area contributed by atoms with Gasteiger partial charge in [0.1, 0.15) is 0 Å². The second-order valence-electron chi connectivity index (χ2n) is 7.13. The SMILES string of the molecule is CN1C2CCC1CN(CC1CNCc3ccccc31)CC2. The van der Waals surface area contributed by atoms with E-state index in [2.05, 4.69) is 46.4 Å². The maximum absolute atomic E-state index is 3.60. The van der Waals surface area contributed by atoms with Gasteiger partial charge in [-0.3, -0.25) is 4.90 Å². The van der Waals surface area contributed by atoms with Crippen LogP contribution in [0.2, 0.25) is 0 Å². The standard InChI is InChI=1S/C18H27N3/c1-20-16-6-7-17(20)13-21(9-8-16)12-15-11-19-10-14-4-2-3-5-18(14)15/h2-5,15-17,19H,6-13H2,1H3. The summed E-state index contributed by atoms with van der Waals surface area (Å²) >= 11 is 0. The van der Waals surface area contributed by atoms with Crippen molar-refractivity contribution in [1.82, 2.24) is 15.1 Å². The third-order valence-electron chi connectivity index (χ3n) is 5.91. The fraction of sp³-hybridized carbons (Fsp3) is 0.667. The molecule has 21 heavy (non-hydrogen) atoms. The largest absolute Gasteiger partial charge is 0.312 e. The Kier molecular flexibility index (Phi) is 3.74. The van der Waals surface area contributed by atoms with Gasteiger partial charge in [-0.05, 0) is 44.0 Å². The molecule has 1 N–H and O–H groups in total. The monoisotopic (exact) mass is 285 g/mol. The van der Waals surface area contributed by atoms with Gasteiger partial charge in [0, 0.05) is 44.2 Å². The van der Waals surface area contributed by atoms with Crippen LogP contribution >= 0.6 is 0 Å². The molecule has 3 aliphatic rings. The number of likely N-dealkylation sites (tertiary alicyclic amines) is 1. The van der Waals surface area contributed by atoms with E-state index in [-0.39, 0.29) is 0 Å². The van der Waals surface area contributed by atoms with Crippen molar-refractivity contribution in [2.24, 2.45) is 0 Å². The number of nitrogens with one attached hydrogen (secondary N) is 1. The van der Waals surface area contributed by atoms with Crippen molar-refractivity contribution in [1.29, 1.82) is 0 Å². The van der Waals surface area contributed by atoms with Crippen molar-refractivity contribution in [3.05, 3.63) is 35.4 Å². The van der Waals surface area contributed by atoms with Gasteiger partial charge in [0.05, 0.1) is 0 Å². The molecule has 1 aromatic carbocycles. The Balaban J connectivity index is 1.47. The molecule has 3 unspecified atom stereocenters. The first kappa shape index (κ1) is 13.7. The first-order valence-electron chi connectivity index (χ1n) is 8.54. The lowest BCUT2D eigenvalue weighted by Gasteiger charge is -2.33. The molecule has 3 aliphatic heterocycles. The molecule has 4 rings (SSSR count). The highest BCUT2D eigenvalue weighted by atomic mass is 15.3. The van der Waals surface area contributed by atoms with E-state index in [1.807, 2.05) is 0 Å². The molecule has 1 aromatic rings. The average Bonchev–Trinajstić information content (AvgIpc) is 2.76. The molecule has 3 heterocycles. The van der Waals surface area contributed by atoms with Crippen LogP contribution < -0.4 is 5.32 Å². The van der Waals surface area contributed by atoms with E-state index in [9.17, 15) is 0 Å². The van der Waals surface area contributed by atoms with Gasteiger partial charge in [0.15, 0.2) is 0 Å². The summed E-state index contributed by atoms with van der Waals surface area (Å²) in [6.07, 6.45) is 4.18. The van der Waals surface area contributed by atoms with Crippen LogP contribution in [0.4, 0.5) is 0 Å². The molecule has 114 valence electrons. The number of likely N-dealkylation sites (N-methyl/N-ethyl adjacent to an activating group) is 1. The lowest BCUT2D eigenvalue weighted by Crippen LogP contribution is -2.41. The Morgan fingerprint density at radius 3 is 2.95 bits per heavy atom. The maximum atomic E-state index is 3.60. The minimum Gasteiger partial charge on any atom is -0.312 e. The number of rotatable bonds is 2. The predicted octanol–water partition coefficient (Wildman–Crippen LogP) is 2.04. The van der Waals surface area contributed by atoms with Gasteiger partial charge in [0.25, 0.3) is 0 Å². The predicted molar refractivity (Wildman–Crippen MR) is 86.5 cm³/mol. The molecule has 0 aliphatic carbocycles. The van der Waals surface area contributed by atoms with E-state index in [1.165, 1.54) is 44.5 Å². The molecule has 0 radical (unpaired) electrons. The number of nitrogens with zero attached hydrogens (tertiary/aromatic N) is 2. The highest BCUT2D eigenvalue weighted by molar-refractivity contribution is 5.33. The quantitative estimate of drug-likeness (QED) is 0.897. The molecule has 0 spiro atoms. The van der Waals surface area contributed by atoms with E-state index in [1.54, 1.807) is 5.56 Å². The molecular weight excluding hydrogens is 258 g/mol. The Morgan fingerprint density at radius 2 is 2.00 bits per heavy atom. The summed E-state index contributed by atoms with van der Waals surface area (Å²) in [6, 6.07) is 10.6. The van der Waals surface area contributed by atoms with Crippen LogP contribution in [0.15, 0.2) is 24.3 Å². The molecule has 0 saturated carbocycles. The summed E-state index contributed by atoms with van der Waals surface area (Å²) in [6.45, 7) is 5.95. The van der Waals surface area contributed by atoms with Gasteiger partial charge in [-0.25, -0.2) is 0 Å². The summed E-state index contributed by atoms with van der Waals surface area (Å²) in [4.78, 5) is 5.38. The third kappa shape index (κ3) is 2.63. The zero-order valence-corrected chi connectivity index (χ0v) is 13.1. The molecule has 0 aromatic heterocycles. The highest BCUT2D eigenvalue weighted by Gasteiger charge is 2.35. The van der Waals surface area contributed by atoms with Crippen molar-refractivity contribution in [3.8, 4) is 0 Å². The van der Waals surface area contributed by atoms with Gasteiger partial charge < -0.3 is 10.2 Å². The lowest BCUT2D eigenvalue weighted by molar-refractivity contribution is 0.209. The topological polar surface area (TPSA) is 18.5 Å². The summed E-state index contributed by atoms with van der Waals surface area (Å²) in [7, 11) is 2.34. The van der Waals surface area contributed by atoms with Crippen molar-refractivity contribution in [2.75, 3.05) is 33.2 Å². The first-order chi connectivity index (χ1) is 10.3. The van der Waals surface area contributed by atoms with Crippen LogP contribution in [-0.4, -0.2) is 55.1 Å². The minimum atomic E-state index is 0.664. The second kappa shape index (κ2) is 5.71. The van der Waals surface area contributed by atoms with Crippen LogP contribution in [0, 0.1) is 0 Å². The van der Waals surface area contributed by atoms with E-state index >= 15 is 0 Å². The number of hydrogen-bond acceptors (Lipinski definition) is 3. The fourth-order valence-corrected chi connectivity index (χ4v) is 4.60. The minimum absolute atomic E-state index is 0.664. The molecule has 2 fully saturated rings. The third-order valence-corrected chi connectivity index (χ3v) is 5.91. The van der Waals surface area contributed by atoms with E-state index in [4.69, 9.17) is 0 Å². The van der Waals surface area contributed by atoms with Crippen LogP contribution in [0.1, 0.15) is 36.3 Å². The molecular formula is C18H27N3. The van der Waals surface area contributed by atoms with Gasteiger partial charge >= 0.3 is 0 Å². The molecule has 3 nitrogen and oxygen atoms in total. The second-order valence-corrected chi connectivity index (χ2v) is 7.13. The molecule has 0 amide bonds. The van der Waals surface area contributed by atoms with Crippen LogP contribution in [0.3, 0.4) is 0 Å². The summed E-state index contributed by atoms with van der Waals surface area (Å²) in [5.74, 6) is 0.664. The van der Waals surface area contributed by atoms with E-state index in [0.717, 1.165) is 25.2 Å². The van der Waals surface area contributed by atoms with E-state index in [0.29, 0.717) is 5.92 Å². The van der Waals surface area contributed by atoms with Crippen molar-refractivity contribution < 1.29 is 0 Å². The van der Waals surface area contributed by atoms with Crippen LogP contribution in [-0.2, 0) is 6.54 Å². The van der Waals surface area contributed by atoms with Gasteiger partial charge in [-0.2, -0.15) is 0 Å². The molecule has 2 saturated heterocycles. The Hall–Kier alpha value is -0.900. The van der Waals surface area contributed by atoms with Gasteiger partial charge in [0.2, 0.25) is 0 Å². The van der Waals surface area contributed by atoms with Gasteiger partial charge in [-0.1, -0.05) is 24.3 Å². The summed E-state index contributed by atoms with van der Waals surface area (Å²) in [5.41, 5.74) is 3.08. The Morgan fingerprint density at radius 1 is 1.14 bits per heavy atom. The van der Waals surface area contributed by atoms with Crippen molar-refractivity contribution in [2.45, 2.75) is 43.8 Å². The summed E-state index contributed by atoms with van der Waals surface area (Å²) in [5, 5.41) is 3.60. The zero-order chi connectivity index (χ0) is 14.2. The molecule has 2 bridgehead atoms. The van der Waals surface area contributed by atoms with Gasteiger partial charge in [-0.15, -0.1) is 0 Å². The maximum Gasteiger partial charge on any atom is 0.0223 e. The van der Waals surface area contributed by atoms with E-state index < -0.39 is 0 Å². The van der Waals surface area contributed by atoms with Crippen molar-refractivity contribution >= 4 is 0 Å².